The van der Waals surface area contributed by atoms with Gasteiger partial charge in [0.1, 0.15) is 0 Å². The number of aromatic nitrogens is 4. The van der Waals surface area contributed by atoms with E-state index in [1.54, 1.807) is 4.68 Å². The molecular weight excluding hydrogens is 298 g/mol. The minimum atomic E-state index is -0.201. The number of carbonyl (C=O) groups is 1. The number of carbonyl (C=O) groups excluding carboxylic acids is 1. The molecule has 1 heterocycles. The summed E-state index contributed by atoms with van der Waals surface area (Å²) in [6, 6.07) is 0.479. The Bertz CT molecular complexity index is 504. The summed E-state index contributed by atoms with van der Waals surface area (Å²) in [7, 11) is 0. The van der Waals surface area contributed by atoms with Crippen LogP contribution in [0.3, 0.4) is 0 Å². The molecule has 0 aromatic carbocycles. The lowest BCUT2D eigenvalue weighted by atomic mass is 9.78. The first kappa shape index (κ1) is 17.2. The van der Waals surface area contributed by atoms with Crippen molar-refractivity contribution in [3.05, 3.63) is 0 Å². The van der Waals surface area contributed by atoms with E-state index >= 15 is 0 Å². The Labute approximate surface area is 136 Å². The zero-order valence-corrected chi connectivity index (χ0v) is 14.9. The van der Waals surface area contributed by atoms with E-state index in [4.69, 9.17) is 0 Å². The Balaban J connectivity index is 1.93. The maximum Gasteiger partial charge on any atom is 0.233 e. The summed E-state index contributed by atoms with van der Waals surface area (Å²) in [5.41, 5.74) is 0. The summed E-state index contributed by atoms with van der Waals surface area (Å²) in [5.74, 6) is 1.29. The summed E-state index contributed by atoms with van der Waals surface area (Å²) < 4.78 is 1.75. The number of nitrogens with zero attached hydrogens (tertiary/aromatic N) is 4. The normalized spacial score (nSPS) is 26.9. The number of rotatable bonds is 5. The van der Waals surface area contributed by atoms with Gasteiger partial charge in [-0.3, -0.25) is 4.79 Å². The number of tetrazole rings is 1. The Morgan fingerprint density at radius 3 is 2.73 bits per heavy atom. The molecule has 1 amide bonds. The highest BCUT2D eigenvalue weighted by Gasteiger charge is 2.30. The van der Waals surface area contributed by atoms with Crippen LogP contribution in [0.5, 0.6) is 0 Å². The maximum absolute atomic E-state index is 12.5. The van der Waals surface area contributed by atoms with Crippen LogP contribution in [0.1, 0.15) is 59.9 Å². The topological polar surface area (TPSA) is 72.7 Å². The molecular formula is C15H27N5OS. The average Bonchev–Trinajstić information content (AvgIpc) is 2.92. The Hall–Kier alpha value is -1.11. The molecule has 0 bridgehead atoms. The zero-order chi connectivity index (χ0) is 16.3. The van der Waals surface area contributed by atoms with Gasteiger partial charge in [0.15, 0.2) is 0 Å². The molecule has 6 nitrogen and oxygen atoms in total. The summed E-state index contributed by atoms with van der Waals surface area (Å²) >= 11 is 1.42. The molecule has 0 aliphatic heterocycles. The van der Waals surface area contributed by atoms with E-state index in [0.29, 0.717) is 23.0 Å². The molecule has 0 saturated heterocycles. The van der Waals surface area contributed by atoms with Gasteiger partial charge in [-0.05, 0) is 49.5 Å². The van der Waals surface area contributed by atoms with Crippen molar-refractivity contribution in [3.63, 3.8) is 0 Å². The third-order valence-corrected chi connectivity index (χ3v) is 5.68. The van der Waals surface area contributed by atoms with Gasteiger partial charge in [0.05, 0.1) is 11.3 Å². The second kappa shape index (κ2) is 7.44. The number of hydrogen-bond acceptors (Lipinski definition) is 5. The largest absolute Gasteiger partial charge is 0.352 e. The fourth-order valence-corrected chi connectivity index (χ4v) is 3.81. The van der Waals surface area contributed by atoms with Gasteiger partial charge in [-0.1, -0.05) is 38.5 Å². The van der Waals surface area contributed by atoms with Crippen molar-refractivity contribution in [2.24, 2.45) is 11.8 Å². The van der Waals surface area contributed by atoms with Crippen LogP contribution in [0.15, 0.2) is 5.16 Å². The van der Waals surface area contributed by atoms with E-state index in [0.717, 1.165) is 6.42 Å². The maximum atomic E-state index is 12.5. The molecule has 1 saturated carbocycles. The van der Waals surface area contributed by atoms with Crippen molar-refractivity contribution >= 4 is 17.7 Å². The second-order valence-corrected chi connectivity index (χ2v) is 7.95. The van der Waals surface area contributed by atoms with Gasteiger partial charge >= 0.3 is 0 Å². The van der Waals surface area contributed by atoms with Gasteiger partial charge in [0.25, 0.3) is 0 Å². The van der Waals surface area contributed by atoms with Crippen LogP contribution in [-0.4, -0.2) is 37.4 Å². The smallest absolute Gasteiger partial charge is 0.233 e. The van der Waals surface area contributed by atoms with Gasteiger partial charge in [-0.2, -0.15) is 0 Å². The Kier molecular flexibility index (Phi) is 5.83. The van der Waals surface area contributed by atoms with Crippen molar-refractivity contribution in [2.75, 3.05) is 0 Å². The lowest BCUT2D eigenvalue weighted by molar-refractivity contribution is -0.121. The first-order valence-electron chi connectivity index (χ1n) is 8.15. The monoisotopic (exact) mass is 325 g/mol. The zero-order valence-electron chi connectivity index (χ0n) is 14.1. The predicted molar refractivity (Wildman–Crippen MR) is 87.6 cm³/mol. The predicted octanol–water partition coefficient (Wildman–Crippen LogP) is 2.68. The molecule has 0 spiro atoms. The minimum Gasteiger partial charge on any atom is -0.352 e. The van der Waals surface area contributed by atoms with E-state index in [2.05, 4.69) is 34.7 Å². The van der Waals surface area contributed by atoms with Crippen LogP contribution < -0.4 is 5.32 Å². The van der Waals surface area contributed by atoms with Crippen molar-refractivity contribution in [2.45, 2.75) is 76.4 Å². The molecule has 7 heteroatoms. The lowest BCUT2D eigenvalue weighted by Crippen LogP contribution is -2.46. The Morgan fingerprint density at radius 1 is 1.32 bits per heavy atom. The number of thioether (sulfide) groups is 1. The van der Waals surface area contributed by atoms with Crippen molar-refractivity contribution < 1.29 is 4.79 Å². The first-order valence-corrected chi connectivity index (χ1v) is 9.03. The standard InChI is InChI=1S/C15H27N5OS/c1-9(2)20-15(17-18-19-20)22-12(5)14(21)16-13-8-6-7-10(3)11(13)4/h9-13H,6-8H2,1-5H3,(H,16,21). The molecule has 124 valence electrons. The molecule has 1 N–H and O–H groups in total. The van der Waals surface area contributed by atoms with Crippen LogP contribution >= 0.6 is 11.8 Å². The molecule has 0 radical (unpaired) electrons. The average molecular weight is 325 g/mol. The third-order valence-electron chi connectivity index (χ3n) is 4.64. The minimum absolute atomic E-state index is 0.0780. The molecule has 1 aliphatic rings. The number of amides is 1. The molecule has 22 heavy (non-hydrogen) atoms. The van der Waals surface area contributed by atoms with Crippen LogP contribution in [0.25, 0.3) is 0 Å². The van der Waals surface area contributed by atoms with Gasteiger partial charge in [0, 0.05) is 6.04 Å². The van der Waals surface area contributed by atoms with Crippen molar-refractivity contribution in [3.8, 4) is 0 Å². The van der Waals surface area contributed by atoms with Crippen LogP contribution in [0.4, 0.5) is 0 Å². The van der Waals surface area contributed by atoms with E-state index in [9.17, 15) is 4.79 Å². The van der Waals surface area contributed by atoms with Crippen LogP contribution in [0.2, 0.25) is 0 Å². The van der Waals surface area contributed by atoms with Gasteiger partial charge in [-0.15, -0.1) is 5.10 Å². The van der Waals surface area contributed by atoms with E-state index in [-0.39, 0.29) is 17.2 Å². The highest BCUT2D eigenvalue weighted by Crippen LogP contribution is 2.30. The van der Waals surface area contributed by atoms with Crippen LogP contribution in [0, 0.1) is 11.8 Å². The summed E-state index contributed by atoms with van der Waals surface area (Å²) in [5, 5.41) is 15.4. The van der Waals surface area contributed by atoms with Crippen molar-refractivity contribution in [1.29, 1.82) is 0 Å². The fourth-order valence-electron chi connectivity index (χ4n) is 2.88. The fraction of sp³-hybridized carbons (Fsp3) is 0.867. The second-order valence-electron chi connectivity index (χ2n) is 6.64. The van der Waals surface area contributed by atoms with Gasteiger partial charge in [-0.25, -0.2) is 4.68 Å². The summed E-state index contributed by atoms with van der Waals surface area (Å²) in [6.45, 7) is 10.5. The molecule has 1 aliphatic carbocycles. The van der Waals surface area contributed by atoms with E-state index in [1.165, 1.54) is 24.6 Å². The lowest BCUT2D eigenvalue weighted by Gasteiger charge is -2.35. The molecule has 1 aromatic heterocycles. The highest BCUT2D eigenvalue weighted by atomic mass is 32.2. The third kappa shape index (κ3) is 4.00. The molecule has 4 atom stereocenters. The Morgan fingerprint density at radius 2 is 2.05 bits per heavy atom. The van der Waals surface area contributed by atoms with Gasteiger partial charge in [0.2, 0.25) is 11.1 Å². The quantitative estimate of drug-likeness (QED) is 0.843. The SMILES string of the molecule is CC(Sc1nnnn1C(C)C)C(=O)NC1CCCC(C)C1C. The molecule has 1 aromatic rings. The van der Waals surface area contributed by atoms with Crippen molar-refractivity contribution in [1.82, 2.24) is 25.5 Å². The summed E-state index contributed by atoms with van der Waals surface area (Å²) in [4.78, 5) is 12.5. The van der Waals surface area contributed by atoms with E-state index < -0.39 is 0 Å². The summed E-state index contributed by atoms with van der Waals surface area (Å²) in [6.07, 6.45) is 3.54. The number of nitrogens with one attached hydrogen (secondary N) is 1. The first-order chi connectivity index (χ1) is 10.4. The number of hydrogen-bond donors (Lipinski definition) is 1. The molecule has 4 unspecified atom stereocenters. The van der Waals surface area contributed by atoms with Crippen LogP contribution in [-0.2, 0) is 4.79 Å². The van der Waals surface area contributed by atoms with E-state index in [1.807, 2.05) is 20.8 Å². The molecule has 1 fully saturated rings. The highest BCUT2D eigenvalue weighted by molar-refractivity contribution is 8.00. The molecule has 2 rings (SSSR count). The van der Waals surface area contributed by atoms with Gasteiger partial charge < -0.3 is 5.32 Å².